The van der Waals surface area contributed by atoms with Crippen molar-refractivity contribution in [2.24, 2.45) is 5.73 Å². The molecule has 0 radical (unpaired) electrons. The summed E-state index contributed by atoms with van der Waals surface area (Å²) >= 11 is 0. The van der Waals surface area contributed by atoms with Gasteiger partial charge in [0.2, 0.25) is 11.8 Å². The molecule has 0 aliphatic carbocycles. The number of amides is 3. The maximum Gasteiger partial charge on any atom is 0.408 e. The van der Waals surface area contributed by atoms with Gasteiger partial charge in [-0.15, -0.1) is 0 Å². The number of nitrogens with two attached hydrogens (primary N) is 1. The van der Waals surface area contributed by atoms with Crippen LogP contribution in [0.2, 0.25) is 0 Å². The van der Waals surface area contributed by atoms with Gasteiger partial charge in [0.05, 0.1) is 6.10 Å². The van der Waals surface area contributed by atoms with Crippen LogP contribution in [0.1, 0.15) is 23.6 Å². The molecule has 0 aliphatic heterocycles. The van der Waals surface area contributed by atoms with E-state index in [1.54, 1.807) is 48.5 Å². The molecule has 3 amide bonds. The number of aliphatic hydroxyl groups is 1. The summed E-state index contributed by atoms with van der Waals surface area (Å²) in [6.45, 7) is 1.71. The molecule has 0 bridgehead atoms. The molecule has 0 aromatic heterocycles. The molecule has 5 N–H and O–H groups in total. The van der Waals surface area contributed by atoms with Gasteiger partial charge in [-0.05, 0) is 35.7 Å². The molecule has 0 saturated carbocycles. The van der Waals surface area contributed by atoms with Crippen molar-refractivity contribution in [3.8, 4) is 5.75 Å². The number of rotatable bonds is 12. The normalized spacial score (nSPS) is 13.0. The third kappa shape index (κ3) is 8.97. The topological polar surface area (TPSA) is 140 Å². The van der Waals surface area contributed by atoms with E-state index in [4.69, 9.17) is 15.2 Å². The van der Waals surface area contributed by atoms with E-state index in [0.717, 1.165) is 11.1 Å². The number of alkyl carbamates (subject to hydrolysis) is 1. The lowest BCUT2D eigenvalue weighted by molar-refractivity contribution is -0.130. The van der Waals surface area contributed by atoms with E-state index in [0.29, 0.717) is 17.9 Å². The molecule has 9 heteroatoms. The fourth-order valence-corrected chi connectivity index (χ4v) is 3.52. The summed E-state index contributed by atoms with van der Waals surface area (Å²) in [5.41, 5.74) is 8.01. The number of hydrogen-bond acceptors (Lipinski definition) is 6. The Bertz CT molecular complexity index is 1170. The second-order valence-corrected chi connectivity index (χ2v) is 8.51. The Kier molecular flexibility index (Phi) is 10.0. The fraction of sp³-hybridized carbons (Fsp3) is 0.250. The molecule has 0 aliphatic rings. The average Bonchev–Trinajstić information content (AvgIpc) is 2.90. The highest BCUT2D eigenvalue weighted by molar-refractivity contribution is 5.91. The minimum Gasteiger partial charge on any atom is -0.489 e. The third-order valence-electron chi connectivity index (χ3n) is 5.50. The lowest BCUT2D eigenvalue weighted by atomic mass is 10.0. The SMILES string of the molecule is C[C@@H](O)[C@H](NC(=O)OCc1ccccc1)C(=O)N[C@H](Cc1cccc(OCc2ccccc2)c1)C(N)=O. The molecule has 194 valence electrons. The number of hydrogen-bond donors (Lipinski definition) is 4. The zero-order valence-corrected chi connectivity index (χ0v) is 20.5. The molecule has 3 aromatic carbocycles. The molecule has 37 heavy (non-hydrogen) atoms. The molecule has 9 nitrogen and oxygen atoms in total. The van der Waals surface area contributed by atoms with Crippen molar-refractivity contribution in [3.63, 3.8) is 0 Å². The highest BCUT2D eigenvalue weighted by Crippen LogP contribution is 2.17. The minimum absolute atomic E-state index is 0.00653. The molecular weight excluding hydrogens is 474 g/mol. The van der Waals surface area contributed by atoms with Gasteiger partial charge in [0, 0.05) is 6.42 Å². The summed E-state index contributed by atoms with van der Waals surface area (Å²) in [5, 5.41) is 14.9. The maximum absolute atomic E-state index is 12.9. The van der Waals surface area contributed by atoms with Gasteiger partial charge in [-0.3, -0.25) is 9.59 Å². The van der Waals surface area contributed by atoms with Gasteiger partial charge in [-0.1, -0.05) is 72.8 Å². The fourth-order valence-electron chi connectivity index (χ4n) is 3.52. The van der Waals surface area contributed by atoms with Gasteiger partial charge in [-0.2, -0.15) is 0 Å². The Morgan fingerprint density at radius 1 is 0.838 bits per heavy atom. The second kappa shape index (κ2) is 13.6. The first kappa shape index (κ1) is 27.2. The van der Waals surface area contributed by atoms with Gasteiger partial charge in [0.25, 0.3) is 0 Å². The highest BCUT2D eigenvalue weighted by atomic mass is 16.5. The van der Waals surface area contributed by atoms with E-state index in [-0.39, 0.29) is 13.0 Å². The Morgan fingerprint density at radius 2 is 1.43 bits per heavy atom. The Morgan fingerprint density at radius 3 is 2.03 bits per heavy atom. The second-order valence-electron chi connectivity index (χ2n) is 8.51. The van der Waals surface area contributed by atoms with Gasteiger partial charge >= 0.3 is 6.09 Å². The Labute approximate surface area is 215 Å². The van der Waals surface area contributed by atoms with Crippen molar-refractivity contribution in [1.29, 1.82) is 0 Å². The lowest BCUT2D eigenvalue weighted by Crippen LogP contribution is -2.57. The van der Waals surface area contributed by atoms with Crippen molar-refractivity contribution < 1.29 is 29.0 Å². The smallest absolute Gasteiger partial charge is 0.408 e. The molecule has 3 aromatic rings. The van der Waals surface area contributed by atoms with E-state index in [9.17, 15) is 19.5 Å². The summed E-state index contributed by atoms with van der Waals surface area (Å²) in [6, 6.07) is 23.3. The van der Waals surface area contributed by atoms with Gasteiger partial charge in [0.1, 0.15) is 31.0 Å². The average molecular weight is 506 g/mol. The quantitative estimate of drug-likeness (QED) is 0.298. The van der Waals surface area contributed by atoms with Crippen molar-refractivity contribution in [2.45, 2.75) is 44.7 Å². The number of primary amides is 1. The van der Waals surface area contributed by atoms with E-state index in [1.807, 2.05) is 36.4 Å². The number of carbonyl (C=O) groups is 3. The highest BCUT2D eigenvalue weighted by Gasteiger charge is 2.29. The molecule has 0 saturated heterocycles. The van der Waals surface area contributed by atoms with E-state index in [2.05, 4.69) is 10.6 Å². The molecular formula is C28H31N3O6. The van der Waals surface area contributed by atoms with Crippen LogP contribution >= 0.6 is 0 Å². The van der Waals surface area contributed by atoms with Crippen LogP contribution in [0, 0.1) is 0 Å². The Balaban J connectivity index is 1.58. The van der Waals surface area contributed by atoms with E-state index >= 15 is 0 Å². The summed E-state index contributed by atoms with van der Waals surface area (Å²) < 4.78 is 11.0. The number of ether oxygens (including phenoxy) is 2. The minimum atomic E-state index is -1.36. The largest absolute Gasteiger partial charge is 0.489 e. The van der Waals surface area contributed by atoms with Crippen LogP contribution in [0.3, 0.4) is 0 Å². The molecule has 0 spiro atoms. The first-order valence-electron chi connectivity index (χ1n) is 11.8. The first-order valence-corrected chi connectivity index (χ1v) is 11.8. The zero-order chi connectivity index (χ0) is 26.6. The van der Waals surface area contributed by atoms with Crippen LogP contribution in [0.15, 0.2) is 84.9 Å². The van der Waals surface area contributed by atoms with E-state index in [1.165, 1.54) is 6.92 Å². The van der Waals surface area contributed by atoms with Crippen LogP contribution in [0.4, 0.5) is 4.79 Å². The van der Waals surface area contributed by atoms with Crippen molar-refractivity contribution in [1.82, 2.24) is 10.6 Å². The van der Waals surface area contributed by atoms with E-state index < -0.39 is 36.1 Å². The molecule has 3 atom stereocenters. The molecule has 0 heterocycles. The van der Waals surface area contributed by atoms with Crippen LogP contribution in [-0.2, 0) is 34.0 Å². The van der Waals surface area contributed by atoms with Crippen molar-refractivity contribution in [3.05, 3.63) is 102 Å². The number of benzene rings is 3. The van der Waals surface area contributed by atoms with Gasteiger partial charge in [0.15, 0.2) is 0 Å². The predicted octanol–water partition coefficient (Wildman–Crippen LogP) is 2.45. The molecule has 3 rings (SSSR count). The van der Waals surface area contributed by atoms with Crippen LogP contribution in [-0.4, -0.2) is 41.2 Å². The van der Waals surface area contributed by atoms with Crippen molar-refractivity contribution >= 4 is 17.9 Å². The molecule has 0 fully saturated rings. The predicted molar refractivity (Wildman–Crippen MR) is 137 cm³/mol. The van der Waals surface area contributed by atoms with Gasteiger partial charge in [-0.25, -0.2) is 4.79 Å². The summed E-state index contributed by atoms with van der Waals surface area (Å²) in [5.74, 6) is -0.938. The van der Waals surface area contributed by atoms with Crippen LogP contribution in [0.5, 0.6) is 5.75 Å². The van der Waals surface area contributed by atoms with Crippen molar-refractivity contribution in [2.75, 3.05) is 0 Å². The zero-order valence-electron chi connectivity index (χ0n) is 20.5. The maximum atomic E-state index is 12.9. The van der Waals surface area contributed by atoms with Crippen LogP contribution < -0.4 is 21.1 Å². The monoisotopic (exact) mass is 505 g/mol. The third-order valence-corrected chi connectivity index (χ3v) is 5.50. The lowest BCUT2D eigenvalue weighted by Gasteiger charge is -2.23. The molecule has 0 unspecified atom stereocenters. The summed E-state index contributed by atoms with van der Waals surface area (Å²) in [7, 11) is 0. The number of aliphatic hydroxyl groups excluding tert-OH is 1. The van der Waals surface area contributed by atoms with Gasteiger partial charge < -0.3 is 30.9 Å². The summed E-state index contributed by atoms with van der Waals surface area (Å²) in [6.07, 6.45) is -2.05. The summed E-state index contributed by atoms with van der Waals surface area (Å²) in [4.78, 5) is 37.2. The standard InChI is InChI=1S/C28H31N3O6/c1-19(32)25(31-28(35)37-18-21-11-6-3-7-12-21)27(34)30-24(26(29)33)16-22-13-8-14-23(15-22)36-17-20-9-4-2-5-10-20/h2-15,19,24-25,32H,16-18H2,1H3,(H2,29,33)(H,30,34)(H,31,35)/t19-,24-,25+/m1/s1. The number of nitrogens with one attached hydrogen (secondary N) is 2. The number of carbonyl (C=O) groups excluding carboxylic acids is 3. The Hall–Kier alpha value is -4.37. The van der Waals surface area contributed by atoms with Crippen LogP contribution in [0.25, 0.3) is 0 Å². The first-order chi connectivity index (χ1) is 17.8.